The molecular weight excluding hydrogens is 485 g/mol. The lowest BCUT2D eigenvalue weighted by Crippen LogP contribution is -2.44. The first-order valence-electron chi connectivity index (χ1n) is 12.2. The zero-order valence-electron chi connectivity index (χ0n) is 20.3. The Hall–Kier alpha value is -3.28. The molecule has 2 saturated heterocycles. The lowest BCUT2D eigenvalue weighted by molar-refractivity contribution is -0.183. The average molecular weight is 513 g/mol. The standard InChI is InChI=1S/C26H27F3N6O2/c1-25(13-36-14-25)15-37-19-5-2-16-3-6-20(31-21(16)10-19)24-33-32-22-7-4-17(11-35(22)24)23(26(27,28)29)34-9-8-18(30)12-34/h2-7,10-11,18,23H,8-9,12-15,30H2,1H3/t18-,23+/m0/s1. The van der Waals surface area contributed by atoms with E-state index in [2.05, 4.69) is 17.1 Å². The second-order valence-electron chi connectivity index (χ2n) is 10.3. The molecule has 11 heteroatoms. The van der Waals surface area contributed by atoms with E-state index in [0.717, 1.165) is 5.39 Å². The van der Waals surface area contributed by atoms with Crippen molar-refractivity contribution >= 4 is 16.6 Å². The van der Waals surface area contributed by atoms with Crippen molar-refractivity contribution in [2.75, 3.05) is 32.9 Å². The van der Waals surface area contributed by atoms with Crippen LogP contribution in [0.2, 0.25) is 0 Å². The highest BCUT2D eigenvalue weighted by Gasteiger charge is 2.46. The van der Waals surface area contributed by atoms with Gasteiger partial charge in [-0.3, -0.25) is 9.30 Å². The van der Waals surface area contributed by atoms with E-state index in [1.165, 1.54) is 17.2 Å². The molecule has 6 rings (SSSR count). The molecule has 37 heavy (non-hydrogen) atoms. The molecule has 194 valence electrons. The van der Waals surface area contributed by atoms with Gasteiger partial charge in [0.05, 0.1) is 25.3 Å². The minimum Gasteiger partial charge on any atom is -0.493 e. The lowest BCUT2D eigenvalue weighted by atomic mass is 9.90. The predicted octanol–water partition coefficient (Wildman–Crippen LogP) is 4.00. The van der Waals surface area contributed by atoms with Crippen LogP contribution in [-0.4, -0.2) is 69.6 Å². The second-order valence-corrected chi connectivity index (χ2v) is 10.3. The Morgan fingerprint density at radius 3 is 2.68 bits per heavy atom. The summed E-state index contributed by atoms with van der Waals surface area (Å²) in [6.07, 6.45) is -2.46. The summed E-state index contributed by atoms with van der Waals surface area (Å²) < 4.78 is 55.3. The number of ether oxygens (including phenoxy) is 2. The van der Waals surface area contributed by atoms with E-state index in [9.17, 15) is 13.2 Å². The van der Waals surface area contributed by atoms with Crippen LogP contribution in [0, 0.1) is 5.41 Å². The predicted molar refractivity (Wildman–Crippen MR) is 131 cm³/mol. The molecule has 2 N–H and O–H groups in total. The number of halogens is 3. The maximum atomic E-state index is 14.2. The Balaban J connectivity index is 1.34. The fourth-order valence-electron chi connectivity index (χ4n) is 5.00. The normalized spacial score (nSPS) is 20.8. The highest BCUT2D eigenvalue weighted by atomic mass is 19.4. The summed E-state index contributed by atoms with van der Waals surface area (Å²) in [4.78, 5) is 6.13. The van der Waals surface area contributed by atoms with Crippen LogP contribution in [-0.2, 0) is 4.74 Å². The minimum absolute atomic E-state index is 0.0107. The van der Waals surface area contributed by atoms with Crippen LogP contribution < -0.4 is 10.5 Å². The summed E-state index contributed by atoms with van der Waals surface area (Å²) in [5.74, 6) is 1.05. The maximum Gasteiger partial charge on any atom is 0.408 e. The average Bonchev–Trinajstić information content (AvgIpc) is 3.46. The Labute approximate surface area is 211 Å². The van der Waals surface area contributed by atoms with E-state index in [-0.39, 0.29) is 23.6 Å². The summed E-state index contributed by atoms with van der Waals surface area (Å²) in [6, 6.07) is 10.4. The molecule has 0 spiro atoms. The van der Waals surface area contributed by atoms with Crippen molar-refractivity contribution in [3.05, 3.63) is 54.2 Å². The van der Waals surface area contributed by atoms with Crippen molar-refractivity contribution in [2.45, 2.75) is 31.6 Å². The van der Waals surface area contributed by atoms with E-state index < -0.39 is 12.2 Å². The fraction of sp³-hybridized carbons (Fsp3) is 0.423. The molecular formula is C26H27F3N6O2. The number of nitrogens with two attached hydrogens (primary N) is 1. The van der Waals surface area contributed by atoms with Crippen molar-refractivity contribution in [2.24, 2.45) is 11.1 Å². The molecule has 2 aliphatic rings. The number of rotatable bonds is 6. The summed E-state index contributed by atoms with van der Waals surface area (Å²) in [5.41, 5.74) is 7.66. The second kappa shape index (κ2) is 8.93. The Kier molecular flexibility index (Phi) is 5.81. The third-order valence-electron chi connectivity index (χ3n) is 7.05. The van der Waals surface area contributed by atoms with Crippen molar-refractivity contribution in [1.29, 1.82) is 0 Å². The largest absolute Gasteiger partial charge is 0.493 e. The van der Waals surface area contributed by atoms with E-state index in [1.54, 1.807) is 16.5 Å². The van der Waals surface area contributed by atoms with E-state index in [1.807, 2.05) is 24.3 Å². The van der Waals surface area contributed by atoms with Crippen LogP contribution in [0.3, 0.4) is 0 Å². The van der Waals surface area contributed by atoms with Gasteiger partial charge in [-0.2, -0.15) is 13.2 Å². The quantitative estimate of drug-likeness (QED) is 0.418. The monoisotopic (exact) mass is 512 g/mol. The van der Waals surface area contributed by atoms with Crippen LogP contribution >= 0.6 is 0 Å². The molecule has 0 saturated carbocycles. The Bertz CT molecular complexity index is 1450. The number of hydrogen-bond donors (Lipinski definition) is 1. The molecule has 5 heterocycles. The highest BCUT2D eigenvalue weighted by Crippen LogP contribution is 2.39. The number of alkyl halides is 3. The van der Waals surface area contributed by atoms with Crippen molar-refractivity contribution in [3.63, 3.8) is 0 Å². The number of aromatic nitrogens is 4. The number of hydrogen-bond acceptors (Lipinski definition) is 7. The SMILES string of the molecule is CC1(COc2ccc3ccc(-c4nnc5ccc([C@@H](N6CC[C@H](N)C6)C(F)(F)F)cn45)nc3c2)COC1. The number of likely N-dealkylation sites (tertiary alicyclic amines) is 1. The van der Waals surface area contributed by atoms with Crippen molar-refractivity contribution in [3.8, 4) is 17.3 Å². The van der Waals surface area contributed by atoms with Crippen LogP contribution in [0.4, 0.5) is 13.2 Å². The lowest BCUT2D eigenvalue weighted by Gasteiger charge is -2.37. The van der Waals surface area contributed by atoms with Gasteiger partial charge in [-0.25, -0.2) is 4.98 Å². The molecule has 2 aliphatic heterocycles. The van der Waals surface area contributed by atoms with Gasteiger partial charge in [0.1, 0.15) is 17.5 Å². The minimum atomic E-state index is -4.45. The van der Waals surface area contributed by atoms with Gasteiger partial charge in [-0.05, 0) is 36.2 Å². The smallest absolute Gasteiger partial charge is 0.408 e. The molecule has 3 aromatic heterocycles. The molecule has 2 fully saturated rings. The maximum absolute atomic E-state index is 14.2. The van der Waals surface area contributed by atoms with Crippen molar-refractivity contribution < 1.29 is 22.6 Å². The van der Waals surface area contributed by atoms with Gasteiger partial charge in [-0.1, -0.05) is 19.1 Å². The number of fused-ring (bicyclic) bond motifs is 2. The molecule has 0 aliphatic carbocycles. The molecule has 1 aromatic carbocycles. The van der Waals surface area contributed by atoms with Gasteiger partial charge in [0.2, 0.25) is 0 Å². The van der Waals surface area contributed by atoms with Gasteiger partial charge in [0.25, 0.3) is 0 Å². The van der Waals surface area contributed by atoms with E-state index >= 15 is 0 Å². The first-order chi connectivity index (χ1) is 17.7. The molecule has 0 radical (unpaired) electrons. The molecule has 2 atom stereocenters. The van der Waals surface area contributed by atoms with Crippen molar-refractivity contribution in [1.82, 2.24) is 24.5 Å². The fourth-order valence-corrected chi connectivity index (χ4v) is 5.00. The summed E-state index contributed by atoms with van der Waals surface area (Å²) >= 11 is 0. The topological polar surface area (TPSA) is 90.8 Å². The van der Waals surface area contributed by atoms with Crippen LogP contribution in [0.1, 0.15) is 24.9 Å². The number of nitrogens with zero attached hydrogens (tertiary/aromatic N) is 5. The third-order valence-corrected chi connectivity index (χ3v) is 7.05. The molecule has 4 aromatic rings. The van der Waals surface area contributed by atoms with Gasteiger partial charge in [0, 0.05) is 42.2 Å². The van der Waals surface area contributed by atoms with E-state index in [4.69, 9.17) is 20.2 Å². The highest BCUT2D eigenvalue weighted by molar-refractivity contribution is 5.82. The number of benzene rings is 1. The molecule has 8 nitrogen and oxygen atoms in total. The first-order valence-corrected chi connectivity index (χ1v) is 12.2. The van der Waals surface area contributed by atoms with Crippen LogP contribution in [0.15, 0.2) is 48.7 Å². The molecule has 0 amide bonds. The van der Waals surface area contributed by atoms with Gasteiger partial charge in [-0.15, -0.1) is 10.2 Å². The third kappa shape index (κ3) is 4.62. The summed E-state index contributed by atoms with van der Waals surface area (Å²) in [7, 11) is 0. The van der Waals surface area contributed by atoms with Gasteiger partial charge in [0.15, 0.2) is 11.5 Å². The summed E-state index contributed by atoms with van der Waals surface area (Å²) in [5, 5.41) is 9.31. The van der Waals surface area contributed by atoms with Gasteiger partial charge >= 0.3 is 6.18 Å². The van der Waals surface area contributed by atoms with Crippen LogP contribution in [0.5, 0.6) is 5.75 Å². The zero-order chi connectivity index (χ0) is 25.8. The number of pyridine rings is 2. The summed E-state index contributed by atoms with van der Waals surface area (Å²) in [6.45, 7) is 4.48. The Morgan fingerprint density at radius 2 is 1.97 bits per heavy atom. The zero-order valence-corrected chi connectivity index (χ0v) is 20.3. The molecule has 0 unspecified atom stereocenters. The van der Waals surface area contributed by atoms with E-state index in [0.29, 0.717) is 61.2 Å². The van der Waals surface area contributed by atoms with Crippen LogP contribution in [0.25, 0.3) is 28.1 Å². The first kappa shape index (κ1) is 24.1. The molecule has 0 bridgehead atoms. The van der Waals surface area contributed by atoms with Gasteiger partial charge < -0.3 is 15.2 Å². The Morgan fingerprint density at radius 1 is 1.16 bits per heavy atom.